The first-order chi connectivity index (χ1) is 8.94. The van der Waals surface area contributed by atoms with Crippen LogP contribution in [0.25, 0.3) is 0 Å². The predicted molar refractivity (Wildman–Crippen MR) is 73.6 cm³/mol. The molecule has 1 aliphatic rings. The molecule has 0 amide bonds. The van der Waals surface area contributed by atoms with Crippen LogP contribution in [0.5, 0.6) is 0 Å². The molecule has 0 bridgehead atoms. The third kappa shape index (κ3) is 5.23. The topological polar surface area (TPSA) is 67.8 Å². The van der Waals surface area contributed by atoms with E-state index in [4.69, 9.17) is 0 Å². The molecule has 112 valence electrons. The normalized spacial score (nSPS) is 24.6. The molecule has 1 aliphatic heterocycles. The van der Waals surface area contributed by atoms with E-state index in [0.717, 1.165) is 12.0 Å². The van der Waals surface area contributed by atoms with Crippen molar-refractivity contribution in [3.05, 3.63) is 35.9 Å². The molecule has 20 heavy (non-hydrogen) atoms. The Kier molecular flexibility index (Phi) is 6.17. The maximum Gasteiger partial charge on any atom is 0.161 e. The lowest BCUT2D eigenvalue weighted by atomic mass is 10.0. The van der Waals surface area contributed by atoms with E-state index >= 15 is 0 Å². The number of ketones is 1. The molecule has 1 heterocycles. The lowest BCUT2D eigenvalue weighted by Crippen LogP contribution is -3.00. The van der Waals surface area contributed by atoms with E-state index < -0.39 is 9.84 Å². The van der Waals surface area contributed by atoms with Crippen molar-refractivity contribution < 1.29 is 30.9 Å². The summed E-state index contributed by atoms with van der Waals surface area (Å²) in [6.07, 6.45) is 1.07. The first-order valence-electron chi connectivity index (χ1n) is 6.53. The molecule has 1 saturated heterocycles. The fourth-order valence-corrected chi connectivity index (χ4v) is 4.66. The number of hydrogen-bond acceptors (Lipinski definition) is 3. The number of sulfone groups is 1. The summed E-state index contributed by atoms with van der Waals surface area (Å²) in [5.41, 5.74) is 1.14. The summed E-state index contributed by atoms with van der Waals surface area (Å²) < 4.78 is 23.8. The quantitative estimate of drug-likeness (QED) is 0.641. The van der Waals surface area contributed by atoms with E-state index in [1.54, 1.807) is 0 Å². The summed E-state index contributed by atoms with van der Waals surface area (Å²) in [4.78, 5) is 11.2. The monoisotopic (exact) mass is 317 g/mol. The highest BCUT2D eigenvalue weighted by atomic mass is 35.5. The van der Waals surface area contributed by atoms with Gasteiger partial charge in [-0.3, -0.25) is 4.79 Å². The summed E-state index contributed by atoms with van der Waals surface area (Å²) in [7, 11) is -3.03. The number of Topliss-reactive ketones (excluding diaryl/α,β-unsaturated/α-hetero) is 1. The Hall–Kier alpha value is -0.910. The van der Waals surface area contributed by atoms with Crippen LogP contribution in [0.2, 0.25) is 0 Å². The first-order valence-corrected chi connectivity index (χ1v) is 8.35. The van der Waals surface area contributed by atoms with E-state index in [2.05, 4.69) is 5.32 Å². The minimum atomic E-state index is -3.03. The van der Waals surface area contributed by atoms with Crippen LogP contribution < -0.4 is 17.7 Å². The molecule has 0 saturated carbocycles. The number of carbonyl (C=O) groups excluding carboxylic acids is 1. The molecule has 0 spiro atoms. The lowest BCUT2D eigenvalue weighted by Gasteiger charge is -2.27. The Morgan fingerprint density at radius 3 is 2.40 bits per heavy atom. The van der Waals surface area contributed by atoms with Crippen LogP contribution in [-0.4, -0.2) is 37.8 Å². The fraction of sp³-hybridized carbons (Fsp3) is 0.500. The van der Waals surface area contributed by atoms with Gasteiger partial charge in [0.15, 0.2) is 9.84 Å². The molecule has 2 rings (SSSR count). The number of carbonyl (C=O) groups is 1. The SMILES string of the molecule is CC(=O)C[C@@H]1CS(=O)(=O)C[C@H](Cc2ccccc2)[NH2+]1.[Cl-]. The van der Waals surface area contributed by atoms with Crippen molar-refractivity contribution in [2.75, 3.05) is 11.5 Å². The highest BCUT2D eigenvalue weighted by Gasteiger charge is 2.35. The minimum absolute atomic E-state index is 0. The Bertz CT molecular complexity index is 545. The van der Waals surface area contributed by atoms with Crippen LogP contribution >= 0.6 is 0 Å². The third-order valence-electron chi connectivity index (χ3n) is 3.37. The molecule has 2 atom stereocenters. The van der Waals surface area contributed by atoms with Crippen molar-refractivity contribution in [3.63, 3.8) is 0 Å². The van der Waals surface area contributed by atoms with Gasteiger partial charge in [0.25, 0.3) is 0 Å². The van der Waals surface area contributed by atoms with Crippen molar-refractivity contribution in [1.29, 1.82) is 0 Å². The van der Waals surface area contributed by atoms with Gasteiger partial charge in [-0.1, -0.05) is 30.3 Å². The van der Waals surface area contributed by atoms with Crippen molar-refractivity contribution in [2.24, 2.45) is 0 Å². The number of halogens is 1. The smallest absolute Gasteiger partial charge is 0.161 e. The van der Waals surface area contributed by atoms with Gasteiger partial charge in [-0.15, -0.1) is 0 Å². The molecular weight excluding hydrogens is 298 g/mol. The van der Waals surface area contributed by atoms with Gasteiger partial charge in [-0.2, -0.15) is 0 Å². The minimum Gasteiger partial charge on any atom is -1.00 e. The average Bonchev–Trinajstić information content (AvgIpc) is 2.26. The number of rotatable bonds is 4. The van der Waals surface area contributed by atoms with Crippen LogP contribution in [0.15, 0.2) is 30.3 Å². The van der Waals surface area contributed by atoms with E-state index in [-0.39, 0.29) is 41.8 Å². The van der Waals surface area contributed by atoms with Crippen LogP contribution in [0.3, 0.4) is 0 Å². The summed E-state index contributed by atoms with van der Waals surface area (Å²) in [5, 5.41) is 2.06. The molecule has 0 aromatic heterocycles. The summed E-state index contributed by atoms with van der Waals surface area (Å²) in [6.45, 7) is 1.52. The van der Waals surface area contributed by atoms with Crippen LogP contribution in [-0.2, 0) is 21.1 Å². The van der Waals surface area contributed by atoms with Gasteiger partial charge in [0.2, 0.25) is 0 Å². The van der Waals surface area contributed by atoms with Gasteiger partial charge in [0.1, 0.15) is 29.4 Å². The van der Waals surface area contributed by atoms with Gasteiger partial charge in [0.05, 0.1) is 6.42 Å². The van der Waals surface area contributed by atoms with Gasteiger partial charge in [-0.25, -0.2) is 8.42 Å². The maximum absolute atomic E-state index is 11.9. The Morgan fingerprint density at radius 2 is 1.80 bits per heavy atom. The molecule has 2 N–H and O–H groups in total. The second-order valence-electron chi connectivity index (χ2n) is 5.39. The van der Waals surface area contributed by atoms with E-state index in [9.17, 15) is 13.2 Å². The zero-order chi connectivity index (χ0) is 13.9. The predicted octanol–water partition coefficient (Wildman–Crippen LogP) is -3.06. The molecule has 1 aromatic rings. The molecule has 6 heteroatoms. The molecule has 1 fully saturated rings. The number of benzene rings is 1. The van der Waals surface area contributed by atoms with Crippen molar-refractivity contribution in [1.82, 2.24) is 0 Å². The number of quaternary nitrogens is 1. The molecule has 0 radical (unpaired) electrons. The Morgan fingerprint density at radius 1 is 1.20 bits per heavy atom. The Labute approximate surface area is 126 Å². The van der Waals surface area contributed by atoms with Gasteiger partial charge in [-0.05, 0) is 12.5 Å². The maximum atomic E-state index is 11.9. The molecule has 1 aromatic carbocycles. The van der Waals surface area contributed by atoms with Gasteiger partial charge in [0, 0.05) is 6.42 Å². The van der Waals surface area contributed by atoms with Gasteiger partial charge < -0.3 is 17.7 Å². The number of nitrogens with two attached hydrogens (primary N) is 1. The summed E-state index contributed by atoms with van der Waals surface area (Å²) in [6, 6.07) is 9.78. The molecule has 0 aliphatic carbocycles. The van der Waals surface area contributed by atoms with Crippen molar-refractivity contribution in [3.8, 4) is 0 Å². The van der Waals surface area contributed by atoms with Crippen LogP contribution in [0.4, 0.5) is 0 Å². The van der Waals surface area contributed by atoms with Crippen LogP contribution in [0.1, 0.15) is 18.9 Å². The fourth-order valence-electron chi connectivity index (χ4n) is 2.76. The standard InChI is InChI=1S/C14H19NO3S.ClH/c1-11(16)7-13-9-19(17,18)10-14(15-13)8-12-5-3-2-4-6-12;/h2-6,13-15H,7-10H2,1H3;1H/t13-,14+;/m1./s1. The van der Waals surface area contributed by atoms with E-state index in [1.165, 1.54) is 6.92 Å². The Balaban J connectivity index is 0.00000200. The van der Waals surface area contributed by atoms with Gasteiger partial charge >= 0.3 is 0 Å². The number of hydrogen-bond donors (Lipinski definition) is 1. The first kappa shape index (κ1) is 17.1. The van der Waals surface area contributed by atoms with E-state index in [0.29, 0.717) is 6.42 Å². The zero-order valence-electron chi connectivity index (χ0n) is 11.5. The largest absolute Gasteiger partial charge is 1.00 e. The highest BCUT2D eigenvalue weighted by molar-refractivity contribution is 7.91. The second kappa shape index (κ2) is 7.20. The van der Waals surface area contributed by atoms with Crippen molar-refractivity contribution in [2.45, 2.75) is 31.8 Å². The third-order valence-corrected chi connectivity index (χ3v) is 5.24. The average molecular weight is 318 g/mol. The summed E-state index contributed by atoms with van der Waals surface area (Å²) in [5.74, 6) is 0.380. The summed E-state index contributed by atoms with van der Waals surface area (Å²) >= 11 is 0. The molecular formula is C14H20ClNO3S. The second-order valence-corrected chi connectivity index (χ2v) is 7.54. The molecule has 0 unspecified atom stereocenters. The lowest BCUT2D eigenvalue weighted by molar-refractivity contribution is -0.714. The van der Waals surface area contributed by atoms with E-state index in [1.807, 2.05) is 30.3 Å². The van der Waals surface area contributed by atoms with Crippen molar-refractivity contribution >= 4 is 15.6 Å². The highest BCUT2D eigenvalue weighted by Crippen LogP contribution is 2.09. The van der Waals surface area contributed by atoms with Crippen LogP contribution in [0, 0.1) is 0 Å². The molecule has 4 nitrogen and oxygen atoms in total. The zero-order valence-corrected chi connectivity index (χ0v) is 13.0.